The number of hydrogen-bond donors (Lipinski definition) is 4. The van der Waals surface area contributed by atoms with Gasteiger partial charge in [0.15, 0.2) is 0 Å². The van der Waals surface area contributed by atoms with Crippen LogP contribution in [0, 0.1) is 0 Å². The van der Waals surface area contributed by atoms with Crippen LogP contribution in [0.4, 0.5) is 149 Å². The summed E-state index contributed by atoms with van der Waals surface area (Å²) in [7, 11) is 0. The zero-order chi connectivity index (χ0) is 73.0. The van der Waals surface area contributed by atoms with E-state index in [4.69, 9.17) is 29.2 Å². The molecule has 0 aliphatic heterocycles. The summed E-state index contributed by atoms with van der Waals surface area (Å²) < 4.78 is 490. The lowest BCUT2D eigenvalue weighted by Gasteiger charge is -2.42. The van der Waals surface area contributed by atoms with Gasteiger partial charge >= 0.3 is 95.3 Å². The van der Waals surface area contributed by atoms with Crippen LogP contribution in [0.15, 0.2) is 60.7 Å². The Balaban J connectivity index is 1.94. The van der Waals surface area contributed by atoms with Gasteiger partial charge in [0.2, 0.25) is 0 Å². The van der Waals surface area contributed by atoms with Crippen molar-refractivity contribution in [2.24, 2.45) is 0 Å². The molecule has 0 fully saturated rings. The molecule has 42 heteroatoms. The predicted octanol–water partition coefficient (Wildman–Crippen LogP) is 17.2. The molecule has 0 bridgehead atoms. The van der Waals surface area contributed by atoms with Crippen LogP contribution >= 0.6 is 0 Å². The standard InChI is InChI=1S/C52H48F34O8/c53-37(54,39(57,58)41(61,62)43(65,66)45(69,70)47(73,74)49(77,78)51(81,82)83)17-5-1-3-7-19-91-35-21-34(28-11-15-32(16-12-28)94-26-30(90)24-88)36(22-33(35)27-9-13-31(14-10-27)93-25-29(89)23-87)92-20-8-4-2-6-18-38(55,56)40(59,60)42(63,64)44(67,68)46(71,72)48(75,76)50(79,80)52(84,85)86/h9-16,21-22,29-30,87-90H,1-8,17-20,23-26H2. The highest BCUT2D eigenvalue weighted by Crippen LogP contribution is 2.66. The van der Waals surface area contributed by atoms with Crippen LogP contribution in [-0.2, 0) is 0 Å². The van der Waals surface area contributed by atoms with Crippen molar-refractivity contribution < 1.29 is 189 Å². The van der Waals surface area contributed by atoms with Crippen molar-refractivity contribution in [2.45, 2.75) is 172 Å². The molecule has 94 heavy (non-hydrogen) atoms. The second-order valence-corrected chi connectivity index (χ2v) is 20.5. The minimum absolute atomic E-state index is 0.0120. The van der Waals surface area contributed by atoms with Gasteiger partial charge in [0.05, 0.1) is 26.4 Å². The van der Waals surface area contributed by atoms with E-state index in [0.29, 0.717) is 0 Å². The fourth-order valence-corrected chi connectivity index (χ4v) is 7.88. The average Bonchev–Trinajstić information content (AvgIpc) is 0.703. The molecule has 0 aliphatic rings. The van der Waals surface area contributed by atoms with Gasteiger partial charge in [0.1, 0.15) is 48.4 Å². The van der Waals surface area contributed by atoms with Gasteiger partial charge < -0.3 is 39.4 Å². The molecule has 2 atom stereocenters. The van der Waals surface area contributed by atoms with Crippen molar-refractivity contribution in [3.05, 3.63) is 60.7 Å². The van der Waals surface area contributed by atoms with Crippen molar-refractivity contribution in [1.29, 1.82) is 0 Å². The van der Waals surface area contributed by atoms with Crippen molar-refractivity contribution in [1.82, 2.24) is 0 Å². The van der Waals surface area contributed by atoms with Crippen LogP contribution < -0.4 is 18.9 Å². The molecule has 2 unspecified atom stereocenters. The van der Waals surface area contributed by atoms with E-state index >= 15 is 0 Å². The summed E-state index contributed by atoms with van der Waals surface area (Å²) in [5, 5.41) is 37.6. The fourth-order valence-electron chi connectivity index (χ4n) is 7.88. The molecule has 0 amide bonds. The smallest absolute Gasteiger partial charge is 0.460 e. The van der Waals surface area contributed by atoms with Gasteiger partial charge in [-0.05, 0) is 73.2 Å². The van der Waals surface area contributed by atoms with Gasteiger partial charge in [0, 0.05) is 24.0 Å². The third kappa shape index (κ3) is 15.7. The molecular formula is C52H48F34O8. The highest BCUT2D eigenvalue weighted by atomic mass is 19.4. The molecule has 0 saturated heterocycles. The second kappa shape index (κ2) is 28.8. The molecule has 3 rings (SSSR count). The van der Waals surface area contributed by atoms with Gasteiger partial charge in [-0.3, -0.25) is 0 Å². The number of unbranched alkanes of at least 4 members (excludes halogenated alkanes) is 6. The number of aliphatic hydroxyl groups is 4. The molecule has 0 saturated carbocycles. The van der Waals surface area contributed by atoms with E-state index < -0.39 is 211 Å². The molecule has 0 heterocycles. The third-order valence-electron chi connectivity index (χ3n) is 13.6. The van der Waals surface area contributed by atoms with Crippen molar-refractivity contribution >= 4 is 0 Å². The molecule has 542 valence electrons. The zero-order valence-electron chi connectivity index (χ0n) is 46.5. The van der Waals surface area contributed by atoms with E-state index in [1.165, 1.54) is 60.7 Å². The van der Waals surface area contributed by atoms with Crippen LogP contribution in [0.1, 0.15) is 64.2 Å². The molecule has 3 aromatic rings. The van der Waals surface area contributed by atoms with E-state index in [1.54, 1.807) is 0 Å². The topological polar surface area (TPSA) is 118 Å². The second-order valence-electron chi connectivity index (χ2n) is 20.5. The van der Waals surface area contributed by atoms with E-state index in [1.807, 2.05) is 0 Å². The first-order valence-electron chi connectivity index (χ1n) is 26.2. The lowest BCUT2D eigenvalue weighted by Crippen LogP contribution is -2.74. The van der Waals surface area contributed by atoms with Crippen LogP contribution in [0.5, 0.6) is 23.0 Å². The van der Waals surface area contributed by atoms with E-state index in [-0.39, 0.29) is 45.3 Å². The summed E-state index contributed by atoms with van der Waals surface area (Å²) in [5.74, 6) is -116. The Labute approximate surface area is 505 Å². The Morgan fingerprint density at radius 2 is 0.521 bits per heavy atom. The first kappa shape index (κ1) is 82.6. The Bertz CT molecular complexity index is 2700. The predicted molar refractivity (Wildman–Crippen MR) is 253 cm³/mol. The SMILES string of the molecule is OCC(O)COc1ccc(-c2cc(OCCCCCCC(F)(F)C(F)(F)C(F)(F)C(F)(F)C(F)(F)C(F)(F)C(F)(F)C(F)(F)F)c(-c3ccc(OCC(O)CO)cc3)cc2OCCCCCCC(F)(F)C(F)(F)C(F)(F)C(F)(F)C(F)(F)C(F)(F)C(F)(F)C(F)(F)F)cc1. The van der Waals surface area contributed by atoms with Gasteiger partial charge in [-0.1, -0.05) is 49.9 Å². The van der Waals surface area contributed by atoms with Crippen LogP contribution in [0.2, 0.25) is 0 Å². The monoisotopic (exact) mass is 1450 g/mol. The lowest BCUT2D eigenvalue weighted by atomic mass is 9.88. The molecule has 0 aliphatic carbocycles. The molecule has 3 aromatic carbocycles. The first-order chi connectivity index (χ1) is 42.3. The Morgan fingerprint density at radius 3 is 0.766 bits per heavy atom. The molecule has 0 radical (unpaired) electrons. The number of hydrogen-bond acceptors (Lipinski definition) is 8. The Morgan fingerprint density at radius 1 is 0.287 bits per heavy atom. The summed E-state index contributed by atoms with van der Waals surface area (Å²) in [5.41, 5.74) is 0.104. The largest absolute Gasteiger partial charge is 0.493 e. The van der Waals surface area contributed by atoms with E-state index in [2.05, 4.69) is 0 Å². The molecule has 4 N–H and O–H groups in total. The maximum Gasteiger partial charge on any atom is 0.460 e. The minimum Gasteiger partial charge on any atom is -0.493 e. The number of ether oxygens (including phenoxy) is 4. The number of aliphatic hydroxyl groups excluding tert-OH is 4. The number of alkyl halides is 34. The molecule has 0 aromatic heterocycles. The number of benzene rings is 3. The van der Waals surface area contributed by atoms with Crippen LogP contribution in [0.25, 0.3) is 22.3 Å². The molecule has 0 spiro atoms. The van der Waals surface area contributed by atoms with E-state index in [9.17, 15) is 159 Å². The van der Waals surface area contributed by atoms with Gasteiger partial charge in [0.25, 0.3) is 0 Å². The van der Waals surface area contributed by atoms with Crippen molar-refractivity contribution in [2.75, 3.05) is 39.6 Å². The highest BCUT2D eigenvalue weighted by molar-refractivity contribution is 5.81. The fraction of sp³-hybridized carbons (Fsp3) is 0.654. The van der Waals surface area contributed by atoms with Crippen molar-refractivity contribution in [3.63, 3.8) is 0 Å². The quantitative estimate of drug-likeness (QED) is 0.0331. The van der Waals surface area contributed by atoms with Crippen LogP contribution in [0.3, 0.4) is 0 Å². The van der Waals surface area contributed by atoms with Gasteiger partial charge in [-0.2, -0.15) is 149 Å². The Hall–Kier alpha value is -5.68. The van der Waals surface area contributed by atoms with E-state index in [0.717, 1.165) is 0 Å². The van der Waals surface area contributed by atoms with Crippen molar-refractivity contribution in [3.8, 4) is 45.3 Å². The number of rotatable bonds is 38. The van der Waals surface area contributed by atoms with Gasteiger partial charge in [-0.25, -0.2) is 0 Å². The maximum absolute atomic E-state index is 14.6. The maximum atomic E-state index is 14.6. The lowest BCUT2D eigenvalue weighted by molar-refractivity contribution is -0.461. The zero-order valence-corrected chi connectivity index (χ0v) is 46.5. The number of halogens is 34. The summed E-state index contributed by atoms with van der Waals surface area (Å²) in [6.07, 6.45) is -30.6. The summed E-state index contributed by atoms with van der Waals surface area (Å²) >= 11 is 0. The molecular weight excluding hydrogens is 1400 g/mol. The van der Waals surface area contributed by atoms with Gasteiger partial charge in [-0.15, -0.1) is 0 Å². The third-order valence-corrected chi connectivity index (χ3v) is 13.6. The Kier molecular flexibility index (Phi) is 25.3. The minimum atomic E-state index is -8.82. The normalized spacial score (nSPS) is 15.3. The summed E-state index contributed by atoms with van der Waals surface area (Å²) in [6, 6.07) is 12.4. The molecule has 8 nitrogen and oxygen atoms in total. The summed E-state index contributed by atoms with van der Waals surface area (Å²) in [6.45, 7) is -3.72. The highest BCUT2D eigenvalue weighted by Gasteiger charge is 2.97. The first-order valence-corrected chi connectivity index (χ1v) is 26.2. The summed E-state index contributed by atoms with van der Waals surface area (Å²) in [4.78, 5) is 0. The van der Waals surface area contributed by atoms with Crippen LogP contribution in [-0.4, -0.2) is 168 Å². The average molecular weight is 1450 g/mol.